The summed E-state index contributed by atoms with van der Waals surface area (Å²) in [6, 6.07) is 0. The average Bonchev–Trinajstić information content (AvgIpc) is 2.86. The molecule has 0 aromatic heterocycles. The van der Waals surface area contributed by atoms with Gasteiger partial charge in [0.25, 0.3) is 0 Å². The molecule has 3 nitrogen and oxygen atoms in total. The zero-order valence-corrected chi connectivity index (χ0v) is 13.9. The molecule has 0 bridgehead atoms. The number of carbonyl (C=O) groups excluding carboxylic acids is 1. The number of carbonyl (C=O) groups is 1. The second-order valence-corrected chi connectivity index (χ2v) is 8.62. The third-order valence-electron chi connectivity index (χ3n) is 7.61. The summed E-state index contributed by atoms with van der Waals surface area (Å²) in [5, 5.41) is 9.84. The topological polar surface area (TPSA) is 46.5 Å². The number of allylic oxidation sites excluding steroid dienone is 1. The summed E-state index contributed by atoms with van der Waals surface area (Å²) in [7, 11) is 0. The molecular weight excluding hydrogens is 276 g/mol. The highest BCUT2D eigenvalue weighted by Gasteiger charge is 2.55. The number of cyclic esters (lactones) is 1. The van der Waals surface area contributed by atoms with Crippen LogP contribution in [0.2, 0.25) is 0 Å². The van der Waals surface area contributed by atoms with Crippen molar-refractivity contribution in [1.29, 1.82) is 0 Å². The van der Waals surface area contributed by atoms with Gasteiger partial charge in [0.1, 0.15) is 0 Å². The van der Waals surface area contributed by atoms with Gasteiger partial charge in [0, 0.05) is 17.3 Å². The summed E-state index contributed by atoms with van der Waals surface area (Å²) in [6.45, 7) is 5.52. The van der Waals surface area contributed by atoms with Gasteiger partial charge in [0.15, 0.2) is 0 Å². The largest absolute Gasteiger partial charge is 0.465 e. The van der Waals surface area contributed by atoms with E-state index in [4.69, 9.17) is 4.74 Å². The monoisotopic (exact) mass is 304 g/mol. The highest BCUT2D eigenvalue weighted by molar-refractivity contribution is 5.70. The highest BCUT2D eigenvalue weighted by Crippen LogP contribution is 2.61. The Morgan fingerprint density at radius 3 is 2.82 bits per heavy atom. The zero-order chi connectivity index (χ0) is 15.5. The zero-order valence-electron chi connectivity index (χ0n) is 13.9. The van der Waals surface area contributed by atoms with Crippen LogP contribution >= 0.6 is 0 Å². The lowest BCUT2D eigenvalue weighted by Gasteiger charge is -2.55. The van der Waals surface area contributed by atoms with Gasteiger partial charge in [-0.1, -0.05) is 25.0 Å². The van der Waals surface area contributed by atoms with Crippen LogP contribution in [0, 0.1) is 28.6 Å². The molecule has 1 heterocycles. The van der Waals surface area contributed by atoms with E-state index in [0.717, 1.165) is 12.8 Å². The first kappa shape index (κ1) is 14.7. The van der Waals surface area contributed by atoms with Crippen LogP contribution in [0.3, 0.4) is 0 Å². The molecule has 4 rings (SSSR count). The normalized spacial score (nSPS) is 47.6. The molecule has 1 saturated carbocycles. The fraction of sp³-hybridized carbons (Fsp3) is 0.842. The van der Waals surface area contributed by atoms with E-state index in [1.807, 2.05) is 0 Å². The maximum Gasteiger partial charge on any atom is 0.306 e. The molecule has 1 aliphatic heterocycles. The van der Waals surface area contributed by atoms with Gasteiger partial charge in [-0.15, -0.1) is 0 Å². The Labute approximate surface area is 133 Å². The standard InChI is InChI=1S/C19H28O3/c1-18(10-20)8-7-14-13-4-3-12-9-17(21)22-11-19(12,2)16(13)6-5-15(14)18/h12-13,16,20H,3-11H2,1-2H3/t12?,13?,16?,18-,19-/m0/s1. The van der Waals surface area contributed by atoms with E-state index in [-0.39, 0.29) is 16.8 Å². The van der Waals surface area contributed by atoms with Crippen molar-refractivity contribution >= 4 is 5.97 Å². The van der Waals surface area contributed by atoms with Gasteiger partial charge < -0.3 is 9.84 Å². The van der Waals surface area contributed by atoms with Crippen molar-refractivity contribution in [1.82, 2.24) is 0 Å². The van der Waals surface area contributed by atoms with E-state index in [0.29, 0.717) is 37.4 Å². The van der Waals surface area contributed by atoms with Gasteiger partial charge in [0.2, 0.25) is 0 Å². The van der Waals surface area contributed by atoms with Crippen LogP contribution in [0.1, 0.15) is 58.8 Å². The fourth-order valence-corrected chi connectivity index (χ4v) is 6.12. The Hall–Kier alpha value is -0.830. The lowest BCUT2D eigenvalue weighted by Crippen LogP contribution is -2.51. The van der Waals surface area contributed by atoms with E-state index in [1.54, 1.807) is 11.1 Å². The van der Waals surface area contributed by atoms with Crippen molar-refractivity contribution in [2.24, 2.45) is 28.6 Å². The van der Waals surface area contributed by atoms with Crippen molar-refractivity contribution in [2.75, 3.05) is 13.2 Å². The number of rotatable bonds is 1. The van der Waals surface area contributed by atoms with Crippen molar-refractivity contribution in [3.63, 3.8) is 0 Å². The number of fused-ring (bicyclic) bond motifs is 4. The van der Waals surface area contributed by atoms with Gasteiger partial charge in [-0.3, -0.25) is 4.79 Å². The first-order chi connectivity index (χ1) is 10.5. The molecule has 0 amide bonds. The predicted octanol–water partition coefficient (Wildman–Crippen LogP) is 3.46. The summed E-state index contributed by atoms with van der Waals surface area (Å²) in [5.74, 6) is 1.86. The van der Waals surface area contributed by atoms with Crippen molar-refractivity contribution in [3.05, 3.63) is 11.1 Å². The molecule has 3 heteroatoms. The lowest BCUT2D eigenvalue weighted by molar-refractivity contribution is -0.170. The van der Waals surface area contributed by atoms with Gasteiger partial charge in [-0.25, -0.2) is 0 Å². The molecule has 0 aromatic carbocycles. The van der Waals surface area contributed by atoms with E-state index < -0.39 is 0 Å². The van der Waals surface area contributed by atoms with Gasteiger partial charge in [0.05, 0.1) is 13.2 Å². The fourth-order valence-electron chi connectivity index (χ4n) is 6.12. The molecule has 5 atom stereocenters. The number of aliphatic hydroxyl groups is 1. The Kier molecular flexibility index (Phi) is 3.24. The van der Waals surface area contributed by atoms with Crippen LogP contribution in [0.5, 0.6) is 0 Å². The number of hydrogen-bond acceptors (Lipinski definition) is 3. The predicted molar refractivity (Wildman–Crippen MR) is 84.1 cm³/mol. The molecule has 1 N–H and O–H groups in total. The first-order valence-electron chi connectivity index (χ1n) is 8.97. The van der Waals surface area contributed by atoms with Crippen LogP contribution in [0.15, 0.2) is 11.1 Å². The second kappa shape index (κ2) is 4.83. The molecule has 1 saturated heterocycles. The number of aliphatic hydroxyl groups excluding tert-OH is 1. The van der Waals surface area contributed by atoms with Crippen LogP contribution in [0.4, 0.5) is 0 Å². The molecule has 22 heavy (non-hydrogen) atoms. The maximum absolute atomic E-state index is 11.7. The SMILES string of the molecule is C[C@@]1(CO)CCC2=C1CCC1C2CCC2CC(=O)OC[C@@]21C. The van der Waals surface area contributed by atoms with E-state index >= 15 is 0 Å². The first-order valence-corrected chi connectivity index (χ1v) is 8.97. The summed E-state index contributed by atoms with van der Waals surface area (Å²) < 4.78 is 5.48. The number of hydrogen-bond donors (Lipinski definition) is 1. The van der Waals surface area contributed by atoms with E-state index in [9.17, 15) is 9.90 Å². The minimum atomic E-state index is 0.00496. The van der Waals surface area contributed by atoms with Gasteiger partial charge in [-0.05, 0) is 56.3 Å². The van der Waals surface area contributed by atoms with Gasteiger partial charge >= 0.3 is 5.97 Å². The Morgan fingerprint density at radius 1 is 1.23 bits per heavy atom. The number of ether oxygens (including phenoxy) is 1. The van der Waals surface area contributed by atoms with Crippen LogP contribution < -0.4 is 0 Å². The summed E-state index contributed by atoms with van der Waals surface area (Å²) >= 11 is 0. The van der Waals surface area contributed by atoms with Crippen molar-refractivity contribution < 1.29 is 14.6 Å². The summed E-state index contributed by atoms with van der Waals surface area (Å²) in [4.78, 5) is 11.7. The molecule has 0 spiro atoms. The maximum atomic E-state index is 11.7. The Bertz CT molecular complexity index is 537. The molecule has 4 aliphatic rings. The van der Waals surface area contributed by atoms with E-state index in [2.05, 4.69) is 13.8 Å². The third kappa shape index (κ3) is 1.87. The van der Waals surface area contributed by atoms with Gasteiger partial charge in [-0.2, -0.15) is 0 Å². The second-order valence-electron chi connectivity index (χ2n) is 8.62. The number of esters is 1. The average molecular weight is 304 g/mol. The molecule has 0 radical (unpaired) electrons. The molecule has 3 unspecified atom stereocenters. The van der Waals surface area contributed by atoms with Crippen LogP contribution in [0.25, 0.3) is 0 Å². The molecule has 122 valence electrons. The Balaban J connectivity index is 1.67. The lowest BCUT2D eigenvalue weighted by atomic mass is 9.51. The molecule has 2 fully saturated rings. The van der Waals surface area contributed by atoms with Crippen LogP contribution in [-0.4, -0.2) is 24.3 Å². The summed E-state index contributed by atoms with van der Waals surface area (Å²) in [6.07, 6.45) is 7.67. The minimum Gasteiger partial charge on any atom is -0.465 e. The third-order valence-corrected chi connectivity index (χ3v) is 7.61. The molecule has 3 aliphatic carbocycles. The minimum absolute atomic E-state index is 0.00496. The smallest absolute Gasteiger partial charge is 0.306 e. The van der Waals surface area contributed by atoms with Crippen LogP contribution in [-0.2, 0) is 9.53 Å². The molecule has 0 aromatic rings. The van der Waals surface area contributed by atoms with Crippen molar-refractivity contribution in [3.8, 4) is 0 Å². The molecular formula is C19H28O3. The highest BCUT2D eigenvalue weighted by atomic mass is 16.5. The van der Waals surface area contributed by atoms with E-state index in [1.165, 1.54) is 25.7 Å². The Morgan fingerprint density at radius 2 is 2.05 bits per heavy atom. The summed E-state index contributed by atoms with van der Waals surface area (Å²) in [5.41, 5.74) is 3.46. The quantitative estimate of drug-likeness (QED) is 0.596. The van der Waals surface area contributed by atoms with Crippen molar-refractivity contribution in [2.45, 2.75) is 58.8 Å².